The molecule has 0 aliphatic carbocycles. The Kier molecular flexibility index (Phi) is 4.44. The molecule has 3 rings (SSSR count). The molecular formula is C17H17NO3S. The van der Waals surface area contributed by atoms with Gasteiger partial charge in [-0.1, -0.05) is 18.2 Å². The van der Waals surface area contributed by atoms with Gasteiger partial charge in [-0.3, -0.25) is 4.79 Å². The van der Waals surface area contributed by atoms with Gasteiger partial charge < -0.3 is 14.5 Å². The number of para-hydroxylation sites is 1. The molecule has 1 aromatic carbocycles. The molecular weight excluding hydrogens is 298 g/mol. The molecule has 0 spiro atoms. The van der Waals surface area contributed by atoms with E-state index in [-0.39, 0.29) is 12.0 Å². The van der Waals surface area contributed by atoms with E-state index >= 15 is 0 Å². The molecule has 5 heteroatoms. The molecule has 0 saturated heterocycles. The summed E-state index contributed by atoms with van der Waals surface area (Å²) in [5.41, 5.74) is 0.753. The number of hydrogen-bond donors (Lipinski definition) is 1. The molecule has 0 saturated carbocycles. The Balaban J connectivity index is 1.80. The highest BCUT2D eigenvalue weighted by Crippen LogP contribution is 2.33. The number of carbonyl (C=O) groups excluding carboxylic acids is 1. The normalized spacial score (nSPS) is 12.2. The lowest BCUT2D eigenvalue weighted by Gasteiger charge is -2.18. The maximum absolute atomic E-state index is 11.0. The Labute approximate surface area is 132 Å². The van der Waals surface area contributed by atoms with Gasteiger partial charge in [-0.2, -0.15) is 0 Å². The number of rotatable bonds is 6. The van der Waals surface area contributed by atoms with Crippen molar-refractivity contribution < 1.29 is 13.9 Å². The Hall–Kier alpha value is -2.27. The van der Waals surface area contributed by atoms with Crippen molar-refractivity contribution >= 4 is 28.2 Å². The third kappa shape index (κ3) is 3.31. The standard InChI is InChI=1S/C17H17NO3S/c1-12(19)18-9-7-14(16-6-3-11-22-16)21-15-5-2-4-13-8-10-20-17(13)15/h2-6,8,10-11,14H,7,9H2,1H3,(H,18,19). The minimum absolute atomic E-state index is 0.0296. The maximum atomic E-state index is 11.0. The number of furan rings is 1. The van der Waals surface area contributed by atoms with Crippen LogP contribution in [0.1, 0.15) is 24.3 Å². The average Bonchev–Trinajstić information content (AvgIpc) is 3.17. The van der Waals surface area contributed by atoms with Gasteiger partial charge in [0.2, 0.25) is 5.91 Å². The molecule has 3 aromatic rings. The van der Waals surface area contributed by atoms with Crippen LogP contribution in [0.4, 0.5) is 0 Å². The second-order valence-corrected chi connectivity index (χ2v) is 5.97. The predicted octanol–water partition coefficient (Wildman–Crippen LogP) is 4.14. The topological polar surface area (TPSA) is 51.5 Å². The quantitative estimate of drug-likeness (QED) is 0.744. The summed E-state index contributed by atoms with van der Waals surface area (Å²) < 4.78 is 11.7. The zero-order chi connectivity index (χ0) is 15.4. The molecule has 1 atom stereocenters. The molecule has 0 radical (unpaired) electrons. The van der Waals surface area contributed by atoms with Crippen LogP contribution >= 0.6 is 11.3 Å². The monoisotopic (exact) mass is 315 g/mol. The van der Waals surface area contributed by atoms with E-state index in [1.54, 1.807) is 17.6 Å². The summed E-state index contributed by atoms with van der Waals surface area (Å²) in [6.45, 7) is 2.09. The number of fused-ring (bicyclic) bond motifs is 1. The molecule has 22 heavy (non-hydrogen) atoms. The molecule has 1 N–H and O–H groups in total. The third-order valence-corrected chi connectivity index (χ3v) is 4.32. The summed E-state index contributed by atoms with van der Waals surface area (Å²) in [6.07, 6.45) is 2.26. The lowest BCUT2D eigenvalue weighted by Crippen LogP contribution is -2.23. The van der Waals surface area contributed by atoms with E-state index < -0.39 is 0 Å². The van der Waals surface area contributed by atoms with Crippen molar-refractivity contribution in [2.24, 2.45) is 0 Å². The highest BCUT2D eigenvalue weighted by Gasteiger charge is 2.17. The van der Waals surface area contributed by atoms with Crippen molar-refractivity contribution in [1.82, 2.24) is 5.32 Å². The Morgan fingerprint density at radius 1 is 1.32 bits per heavy atom. The van der Waals surface area contributed by atoms with Gasteiger partial charge in [-0.15, -0.1) is 11.3 Å². The van der Waals surface area contributed by atoms with Crippen LogP contribution in [0.15, 0.2) is 52.5 Å². The zero-order valence-corrected chi connectivity index (χ0v) is 13.1. The summed E-state index contributed by atoms with van der Waals surface area (Å²) in [7, 11) is 0. The lowest BCUT2D eigenvalue weighted by atomic mass is 10.2. The Morgan fingerprint density at radius 2 is 2.23 bits per heavy atom. The molecule has 4 nitrogen and oxygen atoms in total. The van der Waals surface area contributed by atoms with Crippen LogP contribution in [-0.2, 0) is 4.79 Å². The minimum Gasteiger partial charge on any atom is -0.481 e. The predicted molar refractivity (Wildman–Crippen MR) is 87.2 cm³/mol. The SMILES string of the molecule is CC(=O)NCCC(Oc1cccc2ccoc12)c1cccs1. The number of hydrogen-bond acceptors (Lipinski definition) is 4. The van der Waals surface area contributed by atoms with Gasteiger partial charge >= 0.3 is 0 Å². The molecule has 1 unspecified atom stereocenters. The second-order valence-electron chi connectivity index (χ2n) is 4.99. The van der Waals surface area contributed by atoms with Crippen LogP contribution in [-0.4, -0.2) is 12.5 Å². The van der Waals surface area contributed by atoms with E-state index in [1.807, 2.05) is 41.8 Å². The van der Waals surface area contributed by atoms with Crippen molar-refractivity contribution in [3.05, 3.63) is 52.9 Å². The highest BCUT2D eigenvalue weighted by molar-refractivity contribution is 7.10. The first kappa shape index (κ1) is 14.7. The maximum Gasteiger partial charge on any atom is 0.216 e. The van der Waals surface area contributed by atoms with Crippen molar-refractivity contribution in [3.8, 4) is 5.75 Å². The van der Waals surface area contributed by atoms with E-state index in [0.717, 1.165) is 21.6 Å². The summed E-state index contributed by atoms with van der Waals surface area (Å²) >= 11 is 1.65. The first-order chi connectivity index (χ1) is 10.7. The van der Waals surface area contributed by atoms with E-state index in [1.165, 1.54) is 6.92 Å². The summed E-state index contributed by atoms with van der Waals surface area (Å²) in [4.78, 5) is 12.2. The van der Waals surface area contributed by atoms with Gasteiger partial charge in [0.15, 0.2) is 11.3 Å². The fraction of sp³-hybridized carbons (Fsp3) is 0.235. The number of nitrogens with one attached hydrogen (secondary N) is 1. The average molecular weight is 315 g/mol. The molecule has 2 aromatic heterocycles. The van der Waals surface area contributed by atoms with Crippen LogP contribution in [0.2, 0.25) is 0 Å². The zero-order valence-electron chi connectivity index (χ0n) is 12.2. The van der Waals surface area contributed by atoms with Gasteiger partial charge in [0.25, 0.3) is 0 Å². The number of carbonyl (C=O) groups is 1. The first-order valence-electron chi connectivity index (χ1n) is 7.15. The Bertz CT molecular complexity index is 748. The Morgan fingerprint density at radius 3 is 3.00 bits per heavy atom. The van der Waals surface area contributed by atoms with Crippen molar-refractivity contribution in [2.75, 3.05) is 6.54 Å². The van der Waals surface area contributed by atoms with Gasteiger partial charge in [-0.25, -0.2) is 0 Å². The van der Waals surface area contributed by atoms with Crippen LogP contribution in [0.25, 0.3) is 11.0 Å². The van der Waals surface area contributed by atoms with Gasteiger partial charge in [0, 0.05) is 30.2 Å². The number of amides is 1. The second kappa shape index (κ2) is 6.66. The number of ether oxygens (including phenoxy) is 1. The first-order valence-corrected chi connectivity index (χ1v) is 8.03. The largest absolute Gasteiger partial charge is 0.481 e. The van der Waals surface area contributed by atoms with E-state index in [0.29, 0.717) is 13.0 Å². The van der Waals surface area contributed by atoms with Gasteiger partial charge in [0.1, 0.15) is 6.10 Å². The summed E-state index contributed by atoms with van der Waals surface area (Å²) in [6, 6.07) is 11.8. The van der Waals surface area contributed by atoms with Crippen LogP contribution in [0, 0.1) is 0 Å². The van der Waals surface area contributed by atoms with Crippen LogP contribution in [0.3, 0.4) is 0 Å². The van der Waals surface area contributed by atoms with E-state index in [9.17, 15) is 4.79 Å². The molecule has 114 valence electrons. The number of benzene rings is 1. The summed E-state index contributed by atoms with van der Waals surface area (Å²) in [5, 5.41) is 5.86. The molecule has 0 fully saturated rings. The molecule has 1 amide bonds. The van der Waals surface area contributed by atoms with Crippen LogP contribution < -0.4 is 10.1 Å². The fourth-order valence-corrected chi connectivity index (χ4v) is 3.11. The smallest absolute Gasteiger partial charge is 0.216 e. The molecule has 0 aliphatic rings. The summed E-state index contributed by atoms with van der Waals surface area (Å²) in [5.74, 6) is 0.696. The molecule has 0 aliphatic heterocycles. The van der Waals surface area contributed by atoms with Gasteiger partial charge in [-0.05, 0) is 23.6 Å². The van der Waals surface area contributed by atoms with E-state index in [2.05, 4.69) is 5.32 Å². The fourth-order valence-electron chi connectivity index (χ4n) is 2.32. The van der Waals surface area contributed by atoms with Crippen LogP contribution in [0.5, 0.6) is 5.75 Å². The van der Waals surface area contributed by atoms with Crippen molar-refractivity contribution in [2.45, 2.75) is 19.4 Å². The molecule has 0 bridgehead atoms. The van der Waals surface area contributed by atoms with Gasteiger partial charge in [0.05, 0.1) is 6.26 Å². The lowest BCUT2D eigenvalue weighted by molar-refractivity contribution is -0.119. The molecule has 2 heterocycles. The van der Waals surface area contributed by atoms with E-state index in [4.69, 9.17) is 9.15 Å². The van der Waals surface area contributed by atoms with Crippen molar-refractivity contribution in [1.29, 1.82) is 0 Å². The minimum atomic E-state index is -0.109. The third-order valence-electron chi connectivity index (χ3n) is 3.35. The highest BCUT2D eigenvalue weighted by atomic mass is 32.1. The number of thiophene rings is 1. The van der Waals surface area contributed by atoms with Crippen molar-refractivity contribution in [3.63, 3.8) is 0 Å².